The lowest BCUT2D eigenvalue weighted by Crippen LogP contribution is -2.32. The molecule has 0 aromatic heterocycles. The van der Waals surface area contributed by atoms with Crippen LogP contribution in [0.3, 0.4) is 0 Å². The van der Waals surface area contributed by atoms with E-state index in [1.165, 1.54) is 0 Å². The number of rotatable bonds is 5. The van der Waals surface area contributed by atoms with Crippen molar-refractivity contribution >= 4 is 73.7 Å². The van der Waals surface area contributed by atoms with E-state index >= 15 is 0 Å². The zero-order valence-electron chi connectivity index (χ0n) is 11.6. The second-order valence-electron chi connectivity index (χ2n) is 4.74. The van der Waals surface area contributed by atoms with Gasteiger partial charge in [-0.3, -0.25) is 4.79 Å². The first-order chi connectivity index (χ1) is 10.8. The SMILES string of the molecule is N[C@@H](Cc1ccc(Oc2c(I)cc(O)cc2I)cc1I)C(=O)O. The Morgan fingerprint density at radius 1 is 1.13 bits per heavy atom. The first-order valence-electron chi connectivity index (χ1n) is 6.40. The van der Waals surface area contributed by atoms with Crippen LogP contribution in [-0.2, 0) is 11.2 Å². The molecule has 122 valence electrons. The molecule has 0 bridgehead atoms. The third kappa shape index (κ3) is 5.06. The number of nitrogens with two attached hydrogens (primary N) is 1. The topological polar surface area (TPSA) is 92.8 Å². The summed E-state index contributed by atoms with van der Waals surface area (Å²) in [5.74, 6) is 0.492. The molecule has 2 aromatic carbocycles. The van der Waals surface area contributed by atoms with Crippen LogP contribution in [0.4, 0.5) is 0 Å². The molecule has 1 atom stereocenters. The molecule has 0 spiro atoms. The summed E-state index contributed by atoms with van der Waals surface area (Å²) >= 11 is 6.34. The largest absolute Gasteiger partial charge is 0.508 e. The minimum absolute atomic E-state index is 0.193. The summed E-state index contributed by atoms with van der Waals surface area (Å²) < 4.78 is 8.40. The Bertz CT molecular complexity index is 728. The molecule has 0 radical (unpaired) electrons. The van der Waals surface area contributed by atoms with Gasteiger partial charge in [-0.25, -0.2) is 0 Å². The maximum Gasteiger partial charge on any atom is 0.320 e. The van der Waals surface area contributed by atoms with E-state index in [0.717, 1.165) is 16.3 Å². The Morgan fingerprint density at radius 2 is 1.74 bits per heavy atom. The highest BCUT2D eigenvalue weighted by Crippen LogP contribution is 2.35. The highest BCUT2D eigenvalue weighted by atomic mass is 127. The van der Waals surface area contributed by atoms with Crippen molar-refractivity contribution in [1.82, 2.24) is 0 Å². The summed E-state index contributed by atoms with van der Waals surface area (Å²) in [6, 6.07) is 7.77. The molecule has 0 heterocycles. The molecular formula is C15H12I3NO4. The summed E-state index contributed by atoms with van der Waals surface area (Å²) in [5, 5.41) is 18.5. The van der Waals surface area contributed by atoms with Crippen LogP contribution in [0, 0.1) is 10.7 Å². The van der Waals surface area contributed by atoms with Gasteiger partial charge in [-0.2, -0.15) is 0 Å². The third-order valence-electron chi connectivity index (χ3n) is 2.98. The maximum atomic E-state index is 10.9. The highest BCUT2D eigenvalue weighted by molar-refractivity contribution is 14.1. The van der Waals surface area contributed by atoms with Gasteiger partial charge >= 0.3 is 5.97 Å². The van der Waals surface area contributed by atoms with Gasteiger partial charge in [0.15, 0.2) is 5.75 Å². The summed E-state index contributed by atoms with van der Waals surface area (Å²) in [4.78, 5) is 10.9. The number of carboxylic acid groups (broad SMARTS) is 1. The average molecular weight is 651 g/mol. The van der Waals surface area contributed by atoms with E-state index in [9.17, 15) is 9.90 Å². The molecule has 2 aromatic rings. The Labute approximate surface area is 174 Å². The van der Waals surface area contributed by atoms with Crippen LogP contribution in [0.15, 0.2) is 30.3 Å². The van der Waals surface area contributed by atoms with Gasteiger partial charge in [0.1, 0.15) is 17.5 Å². The molecule has 0 aliphatic rings. The van der Waals surface area contributed by atoms with Gasteiger partial charge in [0.25, 0.3) is 0 Å². The monoisotopic (exact) mass is 651 g/mol. The number of phenols is 1. The van der Waals surface area contributed by atoms with E-state index in [4.69, 9.17) is 15.6 Å². The lowest BCUT2D eigenvalue weighted by Gasteiger charge is -2.13. The van der Waals surface area contributed by atoms with Gasteiger partial charge in [-0.1, -0.05) is 6.07 Å². The minimum Gasteiger partial charge on any atom is -0.508 e. The van der Waals surface area contributed by atoms with Crippen molar-refractivity contribution in [2.45, 2.75) is 12.5 Å². The van der Waals surface area contributed by atoms with E-state index in [0.29, 0.717) is 11.5 Å². The van der Waals surface area contributed by atoms with Crippen LogP contribution >= 0.6 is 67.8 Å². The second kappa shape index (κ2) is 8.16. The number of carboxylic acids is 1. The predicted octanol–water partition coefficient (Wildman–Crippen LogP) is 3.95. The van der Waals surface area contributed by atoms with E-state index in [1.54, 1.807) is 18.2 Å². The van der Waals surface area contributed by atoms with Crippen LogP contribution in [0.5, 0.6) is 17.2 Å². The molecule has 0 aliphatic carbocycles. The van der Waals surface area contributed by atoms with Gasteiger partial charge in [-0.15, -0.1) is 0 Å². The first-order valence-corrected chi connectivity index (χ1v) is 9.64. The lowest BCUT2D eigenvalue weighted by atomic mass is 10.1. The zero-order chi connectivity index (χ0) is 17.1. The molecule has 0 unspecified atom stereocenters. The van der Waals surface area contributed by atoms with Crippen molar-refractivity contribution in [3.8, 4) is 17.2 Å². The number of hydrogen-bond donors (Lipinski definition) is 3. The molecule has 5 nitrogen and oxygen atoms in total. The van der Waals surface area contributed by atoms with Crippen molar-refractivity contribution in [3.63, 3.8) is 0 Å². The number of aromatic hydroxyl groups is 1. The van der Waals surface area contributed by atoms with Gasteiger partial charge in [0.05, 0.1) is 7.14 Å². The molecule has 0 aliphatic heterocycles. The number of halogens is 3. The molecular weight excluding hydrogens is 639 g/mol. The minimum atomic E-state index is -1.02. The van der Waals surface area contributed by atoms with Crippen molar-refractivity contribution in [3.05, 3.63) is 46.6 Å². The lowest BCUT2D eigenvalue weighted by molar-refractivity contribution is -0.138. The Hall–Kier alpha value is -0.340. The molecule has 8 heteroatoms. The zero-order valence-corrected chi connectivity index (χ0v) is 18.1. The van der Waals surface area contributed by atoms with Crippen LogP contribution in [0.1, 0.15) is 5.56 Å². The van der Waals surface area contributed by atoms with Crippen molar-refractivity contribution in [2.24, 2.45) is 5.73 Å². The summed E-state index contributed by atoms with van der Waals surface area (Å²) in [6.07, 6.45) is 0.266. The van der Waals surface area contributed by atoms with Gasteiger partial charge in [0.2, 0.25) is 0 Å². The first kappa shape index (κ1) is 19.0. The van der Waals surface area contributed by atoms with Crippen LogP contribution in [0.25, 0.3) is 0 Å². The Morgan fingerprint density at radius 3 is 2.26 bits per heavy atom. The Kier molecular flexibility index (Phi) is 6.74. The predicted molar refractivity (Wildman–Crippen MR) is 112 cm³/mol. The number of benzene rings is 2. The van der Waals surface area contributed by atoms with Crippen LogP contribution in [-0.4, -0.2) is 22.2 Å². The van der Waals surface area contributed by atoms with Crippen LogP contribution in [0.2, 0.25) is 0 Å². The molecule has 4 N–H and O–H groups in total. The third-order valence-corrected chi connectivity index (χ3v) is 5.59. The number of carbonyl (C=O) groups is 1. The van der Waals surface area contributed by atoms with E-state index in [-0.39, 0.29) is 12.2 Å². The smallest absolute Gasteiger partial charge is 0.320 e. The van der Waals surface area contributed by atoms with Gasteiger partial charge in [-0.05, 0) is 104 Å². The average Bonchev–Trinajstić information content (AvgIpc) is 2.45. The van der Waals surface area contributed by atoms with E-state index in [1.807, 2.05) is 12.1 Å². The van der Waals surface area contributed by atoms with Gasteiger partial charge in [0, 0.05) is 3.57 Å². The summed E-state index contributed by atoms with van der Waals surface area (Å²) in [5.41, 5.74) is 6.44. The fourth-order valence-electron chi connectivity index (χ4n) is 1.84. The molecule has 0 fully saturated rings. The normalized spacial score (nSPS) is 12.0. The summed E-state index contributed by atoms with van der Waals surface area (Å²) in [7, 11) is 0. The summed E-state index contributed by atoms with van der Waals surface area (Å²) in [6.45, 7) is 0. The van der Waals surface area contributed by atoms with Crippen molar-refractivity contribution in [2.75, 3.05) is 0 Å². The molecule has 23 heavy (non-hydrogen) atoms. The highest BCUT2D eigenvalue weighted by Gasteiger charge is 2.15. The fraction of sp³-hybridized carbons (Fsp3) is 0.133. The standard InChI is InChI=1S/C15H12I3NO4/c16-10-6-9(2-1-7(10)3-13(19)15(21)22)23-14-11(17)4-8(20)5-12(14)18/h1-2,4-6,13,20H,3,19H2,(H,21,22)/t13-/m0/s1. The second-order valence-corrected chi connectivity index (χ2v) is 8.23. The van der Waals surface area contributed by atoms with E-state index in [2.05, 4.69) is 67.8 Å². The number of ether oxygens (including phenoxy) is 1. The van der Waals surface area contributed by atoms with E-state index < -0.39 is 12.0 Å². The van der Waals surface area contributed by atoms with Crippen molar-refractivity contribution < 1.29 is 19.7 Å². The maximum absolute atomic E-state index is 10.9. The van der Waals surface area contributed by atoms with Crippen molar-refractivity contribution in [1.29, 1.82) is 0 Å². The quantitative estimate of drug-likeness (QED) is 0.427. The molecule has 0 saturated carbocycles. The number of phenolic OH excluding ortho intramolecular Hbond substituents is 1. The number of aliphatic carboxylic acids is 1. The number of hydrogen-bond acceptors (Lipinski definition) is 4. The van der Waals surface area contributed by atoms with Gasteiger partial charge < -0.3 is 20.7 Å². The fourth-order valence-corrected chi connectivity index (χ4v) is 4.51. The molecule has 0 amide bonds. The van der Waals surface area contributed by atoms with Crippen LogP contribution < -0.4 is 10.5 Å². The molecule has 0 saturated heterocycles. The molecule has 2 rings (SSSR count). The Balaban J connectivity index is 2.23.